The molecule has 34 heavy (non-hydrogen) atoms. The summed E-state index contributed by atoms with van der Waals surface area (Å²) in [6.07, 6.45) is 0. The number of hydrogen-bond donors (Lipinski definition) is 2. The Morgan fingerprint density at radius 2 is 1.56 bits per heavy atom. The van der Waals surface area contributed by atoms with Crippen molar-refractivity contribution in [3.05, 3.63) is 95.3 Å². The summed E-state index contributed by atoms with van der Waals surface area (Å²) in [7, 11) is 0. The number of nitrogens with one attached hydrogen (secondary N) is 2. The van der Waals surface area contributed by atoms with Gasteiger partial charge in [0.05, 0.1) is 10.2 Å². The molecule has 168 valence electrons. The van der Waals surface area contributed by atoms with Crippen molar-refractivity contribution >= 4 is 44.8 Å². The number of benzene rings is 3. The fourth-order valence-electron chi connectivity index (χ4n) is 3.70. The molecule has 0 fully saturated rings. The molecule has 0 spiro atoms. The molecular weight excluding hydrogens is 442 g/mol. The highest BCUT2D eigenvalue weighted by atomic mass is 32.1. The molecule has 1 amide bonds. The Bertz CT molecular complexity index is 1490. The SMILES string of the molecule is Cc1ccc2nc(-c3ccc(NC(=O)c4cccc(Nc5nc(C)cc(C)n5)c4)cc3)sc2c1. The van der Waals surface area contributed by atoms with Crippen molar-refractivity contribution in [3.8, 4) is 10.6 Å². The van der Waals surface area contributed by atoms with Crippen LogP contribution in [-0.2, 0) is 0 Å². The van der Waals surface area contributed by atoms with Gasteiger partial charge >= 0.3 is 0 Å². The van der Waals surface area contributed by atoms with Crippen molar-refractivity contribution in [2.75, 3.05) is 10.6 Å². The fourth-order valence-corrected chi connectivity index (χ4v) is 4.77. The number of carbonyl (C=O) groups is 1. The molecule has 5 aromatic rings. The highest BCUT2D eigenvalue weighted by Crippen LogP contribution is 2.31. The van der Waals surface area contributed by atoms with E-state index >= 15 is 0 Å². The van der Waals surface area contributed by atoms with Crippen LogP contribution in [0, 0.1) is 20.8 Å². The molecule has 5 rings (SSSR count). The first kappa shape index (κ1) is 21.7. The lowest BCUT2D eigenvalue weighted by Crippen LogP contribution is -2.12. The second-order valence-corrected chi connectivity index (χ2v) is 9.23. The monoisotopic (exact) mass is 465 g/mol. The lowest BCUT2D eigenvalue weighted by molar-refractivity contribution is 0.102. The predicted octanol–water partition coefficient (Wildman–Crippen LogP) is 6.67. The third-order valence-electron chi connectivity index (χ3n) is 5.30. The molecule has 0 saturated heterocycles. The van der Waals surface area contributed by atoms with Crippen LogP contribution in [0.3, 0.4) is 0 Å². The molecule has 0 unspecified atom stereocenters. The molecular formula is C27H23N5OS. The Hall–Kier alpha value is -4.10. The lowest BCUT2D eigenvalue weighted by atomic mass is 10.1. The zero-order valence-corrected chi connectivity index (χ0v) is 19.9. The number of amides is 1. The second-order valence-electron chi connectivity index (χ2n) is 8.20. The maximum atomic E-state index is 12.9. The van der Waals surface area contributed by atoms with Crippen molar-refractivity contribution in [3.63, 3.8) is 0 Å². The van der Waals surface area contributed by atoms with Gasteiger partial charge in [0, 0.05) is 33.9 Å². The summed E-state index contributed by atoms with van der Waals surface area (Å²) in [6.45, 7) is 5.93. The van der Waals surface area contributed by atoms with E-state index in [2.05, 4.69) is 45.7 Å². The number of fused-ring (bicyclic) bond motifs is 1. The van der Waals surface area contributed by atoms with Crippen molar-refractivity contribution in [1.29, 1.82) is 0 Å². The van der Waals surface area contributed by atoms with E-state index in [4.69, 9.17) is 4.98 Å². The molecule has 2 N–H and O–H groups in total. The minimum atomic E-state index is -0.187. The molecule has 2 aromatic heterocycles. The second kappa shape index (κ2) is 9.03. The van der Waals surface area contributed by atoms with E-state index in [0.717, 1.165) is 38.9 Å². The first-order chi connectivity index (χ1) is 16.4. The number of aryl methyl sites for hydroxylation is 3. The van der Waals surface area contributed by atoms with Gasteiger partial charge in [-0.2, -0.15) is 0 Å². The average molecular weight is 466 g/mol. The van der Waals surface area contributed by atoms with E-state index in [1.807, 2.05) is 56.3 Å². The number of anilines is 3. The predicted molar refractivity (Wildman–Crippen MR) is 139 cm³/mol. The van der Waals surface area contributed by atoms with Crippen LogP contribution < -0.4 is 10.6 Å². The Balaban J connectivity index is 1.29. The number of thiazole rings is 1. The van der Waals surface area contributed by atoms with Gasteiger partial charge in [0.1, 0.15) is 5.01 Å². The zero-order chi connectivity index (χ0) is 23.7. The molecule has 0 radical (unpaired) electrons. The number of aromatic nitrogens is 3. The van der Waals surface area contributed by atoms with Crippen LogP contribution in [0.1, 0.15) is 27.3 Å². The van der Waals surface area contributed by atoms with E-state index in [9.17, 15) is 4.79 Å². The summed E-state index contributed by atoms with van der Waals surface area (Å²) in [5, 5.41) is 7.11. The molecule has 0 aliphatic rings. The molecule has 0 aliphatic carbocycles. The zero-order valence-electron chi connectivity index (χ0n) is 19.1. The first-order valence-corrected chi connectivity index (χ1v) is 11.7. The third-order valence-corrected chi connectivity index (χ3v) is 6.36. The van der Waals surface area contributed by atoms with Crippen LogP contribution in [0.2, 0.25) is 0 Å². The molecule has 0 saturated carbocycles. The van der Waals surface area contributed by atoms with Crippen molar-refractivity contribution < 1.29 is 4.79 Å². The van der Waals surface area contributed by atoms with Crippen LogP contribution in [0.4, 0.5) is 17.3 Å². The van der Waals surface area contributed by atoms with Crippen LogP contribution in [0.15, 0.2) is 72.8 Å². The number of carbonyl (C=O) groups excluding carboxylic acids is 1. The smallest absolute Gasteiger partial charge is 0.255 e. The van der Waals surface area contributed by atoms with Crippen LogP contribution >= 0.6 is 11.3 Å². The average Bonchev–Trinajstić information content (AvgIpc) is 3.22. The molecule has 2 heterocycles. The quantitative estimate of drug-likeness (QED) is 0.303. The summed E-state index contributed by atoms with van der Waals surface area (Å²) in [5.74, 6) is 0.323. The third kappa shape index (κ3) is 4.79. The summed E-state index contributed by atoms with van der Waals surface area (Å²) in [5.41, 5.74) is 7.03. The van der Waals surface area contributed by atoms with Gasteiger partial charge in [0.15, 0.2) is 0 Å². The van der Waals surface area contributed by atoms with Crippen LogP contribution in [-0.4, -0.2) is 20.9 Å². The standard InChI is InChI=1S/C27H23N5OS/c1-16-7-12-23-24(13-16)34-26(32-23)19-8-10-21(11-9-19)30-25(33)20-5-4-6-22(15-20)31-27-28-17(2)14-18(3)29-27/h4-15H,1-3H3,(H,30,33)(H,28,29,31). The van der Waals surface area contributed by atoms with Crippen molar-refractivity contribution in [2.24, 2.45) is 0 Å². The van der Waals surface area contributed by atoms with Crippen LogP contribution in [0.25, 0.3) is 20.8 Å². The molecule has 3 aromatic carbocycles. The van der Waals surface area contributed by atoms with Crippen molar-refractivity contribution in [2.45, 2.75) is 20.8 Å². The number of hydrogen-bond acceptors (Lipinski definition) is 6. The fraction of sp³-hybridized carbons (Fsp3) is 0.111. The lowest BCUT2D eigenvalue weighted by Gasteiger charge is -2.09. The number of nitrogens with zero attached hydrogens (tertiary/aromatic N) is 3. The van der Waals surface area contributed by atoms with E-state index in [1.54, 1.807) is 23.5 Å². The highest BCUT2D eigenvalue weighted by Gasteiger charge is 2.10. The molecule has 7 heteroatoms. The Kier molecular flexibility index (Phi) is 5.77. The van der Waals surface area contributed by atoms with Gasteiger partial charge in [-0.3, -0.25) is 4.79 Å². The molecule has 0 bridgehead atoms. The minimum absolute atomic E-state index is 0.187. The molecule has 0 aliphatic heterocycles. The largest absolute Gasteiger partial charge is 0.324 e. The number of rotatable bonds is 5. The molecule has 0 atom stereocenters. The highest BCUT2D eigenvalue weighted by molar-refractivity contribution is 7.21. The van der Waals surface area contributed by atoms with Crippen LogP contribution in [0.5, 0.6) is 0 Å². The normalized spacial score (nSPS) is 10.9. The summed E-state index contributed by atoms with van der Waals surface area (Å²) >= 11 is 1.67. The Morgan fingerprint density at radius 3 is 2.32 bits per heavy atom. The van der Waals surface area contributed by atoms with Gasteiger partial charge in [0.25, 0.3) is 5.91 Å². The molecule has 6 nitrogen and oxygen atoms in total. The van der Waals surface area contributed by atoms with E-state index < -0.39 is 0 Å². The van der Waals surface area contributed by atoms with Gasteiger partial charge in [-0.15, -0.1) is 11.3 Å². The Morgan fingerprint density at radius 1 is 0.794 bits per heavy atom. The summed E-state index contributed by atoms with van der Waals surface area (Å²) in [6, 6.07) is 23.2. The minimum Gasteiger partial charge on any atom is -0.324 e. The van der Waals surface area contributed by atoms with Gasteiger partial charge in [0.2, 0.25) is 5.95 Å². The van der Waals surface area contributed by atoms with E-state index in [0.29, 0.717) is 11.5 Å². The maximum Gasteiger partial charge on any atom is 0.255 e. The first-order valence-electron chi connectivity index (χ1n) is 10.9. The van der Waals surface area contributed by atoms with Gasteiger partial charge < -0.3 is 10.6 Å². The van der Waals surface area contributed by atoms with Gasteiger partial charge in [-0.1, -0.05) is 12.1 Å². The summed E-state index contributed by atoms with van der Waals surface area (Å²) in [4.78, 5) is 26.4. The van der Waals surface area contributed by atoms with Gasteiger partial charge in [-0.25, -0.2) is 15.0 Å². The summed E-state index contributed by atoms with van der Waals surface area (Å²) < 4.78 is 1.17. The van der Waals surface area contributed by atoms with Crippen molar-refractivity contribution in [1.82, 2.24) is 15.0 Å². The van der Waals surface area contributed by atoms with E-state index in [-0.39, 0.29) is 5.91 Å². The van der Waals surface area contributed by atoms with Gasteiger partial charge in [-0.05, 0) is 87.0 Å². The maximum absolute atomic E-state index is 12.9. The Labute approximate surface area is 201 Å². The topological polar surface area (TPSA) is 79.8 Å². The van der Waals surface area contributed by atoms with E-state index in [1.165, 1.54) is 10.3 Å².